The van der Waals surface area contributed by atoms with Crippen molar-refractivity contribution < 1.29 is 104 Å². The summed E-state index contributed by atoms with van der Waals surface area (Å²) < 4.78 is 34.7. The van der Waals surface area contributed by atoms with Crippen molar-refractivity contribution in [2.24, 2.45) is 0 Å². The normalized spacial score (nSPS) is 29.6. The molecule has 3 rings (SSSR count). The lowest BCUT2D eigenvalue weighted by atomic mass is 9.88. The van der Waals surface area contributed by atoms with E-state index in [-0.39, 0.29) is 12.3 Å². The molecule has 2 amide bonds. The van der Waals surface area contributed by atoms with Crippen molar-refractivity contribution in [1.29, 1.82) is 0 Å². The smallest absolute Gasteiger partial charge is 0.364 e. The van der Waals surface area contributed by atoms with E-state index in [0.29, 0.717) is 12.8 Å². The number of amides is 2. The maximum absolute atomic E-state index is 13.4. The molecule has 0 aromatic rings. The summed E-state index contributed by atoms with van der Waals surface area (Å²) in [6.45, 7) is 2.12. The summed E-state index contributed by atoms with van der Waals surface area (Å²) >= 11 is 0. The standard InChI is InChI=1S/C62H114N2O21/c1-4-6-8-10-12-14-16-18-19-20-21-22-24-26-28-30-32-34-36-49(72)64-43(44(69)35-33-31-29-27-25-23-17-15-13-11-9-7-5-2)41-80-59-54(76)53(75)56(48(40-67)82-59)83-60-55(77)58(52(74)47(39-66)81-60)85-62(61(78)79)37-45(70)50(63-42(3)68)57(84-62)51(73)46(71)38-65/h33,35,43-48,50-60,65-67,69-71,73-77H,4-32,34,36-41H2,1-3H3,(H,63,68)(H,64,72)(H,78,79)/b35-33+. The van der Waals surface area contributed by atoms with Gasteiger partial charge in [-0.15, -0.1) is 0 Å². The molecule has 18 atom stereocenters. The number of carbonyl (C=O) groups is 3. The van der Waals surface area contributed by atoms with Crippen LogP contribution in [-0.4, -0.2) is 215 Å². The number of carbonyl (C=O) groups excluding carboxylic acids is 2. The van der Waals surface area contributed by atoms with Crippen molar-refractivity contribution in [3.05, 3.63) is 12.2 Å². The molecule has 0 bridgehead atoms. The van der Waals surface area contributed by atoms with Crippen LogP contribution in [0.1, 0.15) is 226 Å². The summed E-state index contributed by atoms with van der Waals surface area (Å²) in [5.41, 5.74) is 0. The summed E-state index contributed by atoms with van der Waals surface area (Å²) in [7, 11) is 0. The molecular formula is C62H114N2O21. The number of carboxylic acid groups (broad SMARTS) is 1. The van der Waals surface area contributed by atoms with Gasteiger partial charge in [-0.3, -0.25) is 9.59 Å². The lowest BCUT2D eigenvalue weighted by Crippen LogP contribution is -2.70. The quantitative estimate of drug-likeness (QED) is 0.0298. The molecule has 85 heavy (non-hydrogen) atoms. The van der Waals surface area contributed by atoms with Crippen molar-refractivity contribution in [3.63, 3.8) is 0 Å². The first-order chi connectivity index (χ1) is 40.9. The number of hydrogen-bond acceptors (Lipinski definition) is 20. The minimum atomic E-state index is -3.08. The van der Waals surface area contributed by atoms with Crippen LogP contribution in [0.2, 0.25) is 0 Å². The number of aliphatic hydroxyl groups excluding tert-OH is 11. The Hall–Kier alpha value is -2.53. The fourth-order valence-electron chi connectivity index (χ4n) is 11.5. The van der Waals surface area contributed by atoms with Crippen LogP contribution in [0.5, 0.6) is 0 Å². The van der Waals surface area contributed by atoms with Gasteiger partial charge in [-0.2, -0.15) is 0 Å². The van der Waals surface area contributed by atoms with Gasteiger partial charge in [0, 0.05) is 19.8 Å². The Kier molecular flexibility index (Phi) is 39.7. The van der Waals surface area contributed by atoms with Crippen LogP contribution in [0.3, 0.4) is 0 Å². The first-order valence-corrected chi connectivity index (χ1v) is 32.6. The number of aliphatic hydroxyl groups is 11. The van der Waals surface area contributed by atoms with Crippen LogP contribution in [-0.2, 0) is 42.8 Å². The predicted molar refractivity (Wildman–Crippen MR) is 315 cm³/mol. The molecule has 3 heterocycles. The van der Waals surface area contributed by atoms with E-state index < -0.39 is 155 Å². The van der Waals surface area contributed by atoms with Crippen molar-refractivity contribution in [1.82, 2.24) is 10.6 Å². The molecule has 14 N–H and O–H groups in total. The van der Waals surface area contributed by atoms with Crippen LogP contribution in [0, 0.1) is 0 Å². The minimum Gasteiger partial charge on any atom is -0.477 e. The van der Waals surface area contributed by atoms with E-state index in [9.17, 15) is 75.7 Å². The summed E-state index contributed by atoms with van der Waals surface area (Å²) in [5, 5.41) is 136. The van der Waals surface area contributed by atoms with Gasteiger partial charge < -0.3 is 100 Å². The van der Waals surface area contributed by atoms with E-state index in [4.69, 9.17) is 28.4 Å². The fourth-order valence-corrected chi connectivity index (χ4v) is 11.5. The molecule has 3 fully saturated rings. The summed E-state index contributed by atoms with van der Waals surface area (Å²) in [6, 6.07) is -2.61. The first kappa shape index (κ1) is 76.7. The van der Waals surface area contributed by atoms with E-state index >= 15 is 0 Å². The molecule has 3 saturated heterocycles. The number of carboxylic acids is 1. The zero-order valence-electron chi connectivity index (χ0n) is 51.5. The van der Waals surface area contributed by atoms with Gasteiger partial charge in [0.25, 0.3) is 5.79 Å². The predicted octanol–water partition coefficient (Wildman–Crippen LogP) is 4.34. The zero-order chi connectivity index (χ0) is 62.6. The van der Waals surface area contributed by atoms with E-state index in [1.54, 1.807) is 6.08 Å². The number of unbranched alkanes of at least 4 members (excludes halogenated alkanes) is 28. The van der Waals surface area contributed by atoms with Gasteiger partial charge in [0.1, 0.15) is 67.1 Å². The molecule has 18 unspecified atom stereocenters. The second kappa shape index (κ2) is 44.0. The summed E-state index contributed by atoms with van der Waals surface area (Å²) in [5.74, 6) is -6.14. The van der Waals surface area contributed by atoms with Crippen LogP contribution in [0.25, 0.3) is 0 Å². The highest BCUT2D eigenvalue weighted by molar-refractivity contribution is 5.77. The molecule has 23 heteroatoms. The Morgan fingerprint density at radius 1 is 0.612 bits per heavy atom. The number of rotatable bonds is 48. The van der Waals surface area contributed by atoms with E-state index in [1.165, 1.54) is 135 Å². The van der Waals surface area contributed by atoms with Gasteiger partial charge in [-0.25, -0.2) is 4.79 Å². The molecule has 3 aliphatic heterocycles. The maximum Gasteiger partial charge on any atom is 0.364 e. The van der Waals surface area contributed by atoms with Gasteiger partial charge in [-0.1, -0.05) is 199 Å². The zero-order valence-corrected chi connectivity index (χ0v) is 51.5. The number of nitrogens with one attached hydrogen (secondary N) is 2. The fraction of sp³-hybridized carbons (Fsp3) is 0.919. The van der Waals surface area contributed by atoms with Crippen molar-refractivity contribution in [3.8, 4) is 0 Å². The van der Waals surface area contributed by atoms with E-state index in [1.807, 2.05) is 6.08 Å². The Labute approximate surface area is 505 Å². The Morgan fingerprint density at radius 3 is 1.56 bits per heavy atom. The highest BCUT2D eigenvalue weighted by Crippen LogP contribution is 2.38. The Balaban J connectivity index is 1.63. The molecule has 0 aromatic heterocycles. The number of ether oxygens (including phenoxy) is 6. The summed E-state index contributed by atoms with van der Waals surface area (Å²) in [4.78, 5) is 38.4. The Morgan fingerprint density at radius 2 is 1.09 bits per heavy atom. The topological polar surface area (TPSA) is 373 Å². The van der Waals surface area contributed by atoms with Crippen molar-refractivity contribution in [2.45, 2.75) is 336 Å². The molecule has 0 saturated carbocycles. The van der Waals surface area contributed by atoms with Crippen LogP contribution in [0.4, 0.5) is 0 Å². The Bertz CT molecular complexity index is 1790. The molecule has 23 nitrogen and oxygen atoms in total. The first-order valence-electron chi connectivity index (χ1n) is 32.6. The largest absolute Gasteiger partial charge is 0.477 e. The molecule has 498 valence electrons. The van der Waals surface area contributed by atoms with Crippen LogP contribution in [0.15, 0.2) is 12.2 Å². The average Bonchev–Trinajstić information content (AvgIpc) is 1.21. The molecule has 0 spiro atoms. The van der Waals surface area contributed by atoms with E-state index in [0.717, 1.165) is 51.9 Å². The van der Waals surface area contributed by atoms with Gasteiger partial charge in [0.05, 0.1) is 50.7 Å². The SMILES string of the molecule is CCCCCCCCCCCCC/C=C/C(O)C(COC1OC(CO)C(OC2OC(CO)C(O)C(OC3(C(=O)O)CC(O)C(NC(C)=O)C(C(O)C(O)CO)O3)C2O)C(O)C1O)NC(=O)CCCCCCCCCCCCCCCCCCCC. The maximum atomic E-state index is 13.4. The third-order valence-corrected chi connectivity index (χ3v) is 16.7. The monoisotopic (exact) mass is 1220 g/mol. The molecule has 0 radical (unpaired) electrons. The van der Waals surface area contributed by atoms with E-state index in [2.05, 4.69) is 24.5 Å². The minimum absolute atomic E-state index is 0.205. The number of allylic oxidation sites excluding steroid dienone is 1. The van der Waals surface area contributed by atoms with Gasteiger partial charge >= 0.3 is 5.97 Å². The highest BCUT2D eigenvalue weighted by Gasteiger charge is 2.60. The molecule has 0 aliphatic carbocycles. The average molecular weight is 1220 g/mol. The van der Waals surface area contributed by atoms with Crippen molar-refractivity contribution in [2.75, 3.05) is 26.4 Å². The van der Waals surface area contributed by atoms with Gasteiger partial charge in [-0.05, 0) is 19.3 Å². The third kappa shape index (κ3) is 27.6. The second-order valence-corrected chi connectivity index (χ2v) is 24.0. The molecular weight excluding hydrogens is 1110 g/mol. The lowest BCUT2D eigenvalue weighted by molar-refractivity contribution is -0.386. The highest BCUT2D eigenvalue weighted by atomic mass is 16.8. The van der Waals surface area contributed by atoms with Crippen molar-refractivity contribution >= 4 is 17.8 Å². The third-order valence-electron chi connectivity index (χ3n) is 16.7. The lowest BCUT2D eigenvalue weighted by Gasteiger charge is -2.50. The molecule has 0 aromatic carbocycles. The van der Waals surface area contributed by atoms with Gasteiger partial charge in [0.15, 0.2) is 12.6 Å². The van der Waals surface area contributed by atoms with Crippen LogP contribution >= 0.6 is 0 Å². The number of hydrogen-bond donors (Lipinski definition) is 14. The van der Waals surface area contributed by atoms with Gasteiger partial charge in [0.2, 0.25) is 11.8 Å². The summed E-state index contributed by atoms with van der Waals surface area (Å²) in [6.07, 6.45) is 9.81. The molecule has 3 aliphatic rings. The number of aliphatic carboxylic acids is 1. The second-order valence-electron chi connectivity index (χ2n) is 24.0. The van der Waals surface area contributed by atoms with Crippen LogP contribution < -0.4 is 10.6 Å².